The molecule has 1 heterocycles. The summed E-state index contributed by atoms with van der Waals surface area (Å²) in [6.45, 7) is -0.363. The van der Waals surface area contributed by atoms with E-state index in [1.807, 2.05) is 0 Å². The Labute approximate surface area is 141 Å². The molecule has 1 aromatic heterocycles. The van der Waals surface area contributed by atoms with Gasteiger partial charge in [-0.25, -0.2) is 0 Å². The standard InChI is InChI=1S/C16H13N3O4S/c17-8-11-10-4-3-7-14(10)24-16(11)18-15(20)9-23-13-6-2-1-5-12(13)19(21)22/h1-2,5-6H,3-4,7,9H2,(H,18,20). The number of rotatable bonds is 5. The van der Waals surface area contributed by atoms with Crippen LogP contribution in [0.3, 0.4) is 0 Å². The van der Waals surface area contributed by atoms with E-state index in [0.717, 1.165) is 29.7 Å². The quantitative estimate of drug-likeness (QED) is 0.663. The van der Waals surface area contributed by atoms with Gasteiger partial charge in [0.25, 0.3) is 5.91 Å². The number of thiophene rings is 1. The lowest BCUT2D eigenvalue weighted by molar-refractivity contribution is -0.385. The first kappa shape index (κ1) is 16.0. The van der Waals surface area contributed by atoms with Gasteiger partial charge in [0.15, 0.2) is 12.4 Å². The number of nitriles is 1. The fraction of sp³-hybridized carbons (Fsp3) is 0.250. The van der Waals surface area contributed by atoms with Crippen LogP contribution in [0.4, 0.5) is 10.7 Å². The predicted octanol–water partition coefficient (Wildman–Crippen LogP) is 3.03. The topological polar surface area (TPSA) is 105 Å². The number of nitrogens with zero attached hydrogens (tertiary/aromatic N) is 2. The third-order valence-corrected chi connectivity index (χ3v) is 4.91. The number of nitro benzene ring substituents is 1. The molecule has 122 valence electrons. The monoisotopic (exact) mass is 343 g/mol. The molecule has 0 unspecified atom stereocenters. The molecule has 0 saturated carbocycles. The summed E-state index contributed by atoms with van der Waals surface area (Å²) < 4.78 is 5.25. The summed E-state index contributed by atoms with van der Waals surface area (Å²) in [6, 6.07) is 8.01. The number of para-hydroxylation sites is 2. The number of aryl methyl sites for hydroxylation is 1. The second-order valence-electron chi connectivity index (χ2n) is 5.23. The molecule has 0 saturated heterocycles. The molecule has 1 amide bonds. The Morgan fingerprint density at radius 2 is 2.21 bits per heavy atom. The van der Waals surface area contributed by atoms with E-state index in [-0.39, 0.29) is 18.0 Å². The van der Waals surface area contributed by atoms with Crippen molar-refractivity contribution in [1.82, 2.24) is 0 Å². The molecule has 0 bridgehead atoms. The largest absolute Gasteiger partial charge is 0.477 e. The van der Waals surface area contributed by atoms with Gasteiger partial charge in [0, 0.05) is 10.9 Å². The molecule has 0 atom stereocenters. The van der Waals surface area contributed by atoms with E-state index < -0.39 is 10.8 Å². The summed E-state index contributed by atoms with van der Waals surface area (Å²) in [5, 5.41) is 23.4. The summed E-state index contributed by atoms with van der Waals surface area (Å²) in [4.78, 5) is 23.5. The Morgan fingerprint density at radius 3 is 2.96 bits per heavy atom. The Kier molecular flexibility index (Phi) is 4.44. The number of hydrogen-bond acceptors (Lipinski definition) is 6. The summed E-state index contributed by atoms with van der Waals surface area (Å²) in [7, 11) is 0. The van der Waals surface area contributed by atoms with Crippen LogP contribution >= 0.6 is 11.3 Å². The van der Waals surface area contributed by atoms with Gasteiger partial charge in [0.05, 0.1) is 10.5 Å². The van der Waals surface area contributed by atoms with Gasteiger partial charge in [-0.2, -0.15) is 5.26 Å². The highest BCUT2D eigenvalue weighted by molar-refractivity contribution is 7.16. The van der Waals surface area contributed by atoms with E-state index in [1.54, 1.807) is 6.07 Å². The van der Waals surface area contributed by atoms with Crippen molar-refractivity contribution in [1.29, 1.82) is 5.26 Å². The Hall–Kier alpha value is -2.92. The van der Waals surface area contributed by atoms with Crippen LogP contribution in [0.15, 0.2) is 24.3 Å². The molecule has 0 spiro atoms. The summed E-state index contributed by atoms with van der Waals surface area (Å²) in [5.41, 5.74) is 1.35. The van der Waals surface area contributed by atoms with Crippen LogP contribution in [0, 0.1) is 21.4 Å². The zero-order valence-electron chi connectivity index (χ0n) is 12.6. The normalized spacial score (nSPS) is 12.3. The smallest absolute Gasteiger partial charge is 0.310 e. The fourth-order valence-electron chi connectivity index (χ4n) is 2.65. The van der Waals surface area contributed by atoms with Crippen LogP contribution in [0.1, 0.15) is 22.4 Å². The Bertz CT molecular complexity index is 853. The number of hydrogen-bond donors (Lipinski definition) is 1. The second kappa shape index (κ2) is 6.68. The van der Waals surface area contributed by atoms with Crippen LogP contribution < -0.4 is 10.1 Å². The van der Waals surface area contributed by atoms with Crippen molar-refractivity contribution in [2.24, 2.45) is 0 Å². The molecule has 8 heteroatoms. The molecule has 1 N–H and O–H groups in total. The highest BCUT2D eigenvalue weighted by atomic mass is 32.1. The first-order chi connectivity index (χ1) is 11.6. The zero-order chi connectivity index (χ0) is 17.1. The van der Waals surface area contributed by atoms with E-state index in [9.17, 15) is 20.2 Å². The predicted molar refractivity (Wildman–Crippen MR) is 88.3 cm³/mol. The van der Waals surface area contributed by atoms with Crippen molar-refractivity contribution < 1.29 is 14.5 Å². The van der Waals surface area contributed by atoms with Crippen LogP contribution in [-0.2, 0) is 17.6 Å². The number of fused-ring (bicyclic) bond motifs is 1. The molecule has 3 rings (SSSR count). The Balaban J connectivity index is 1.67. The van der Waals surface area contributed by atoms with Crippen molar-refractivity contribution in [2.75, 3.05) is 11.9 Å². The number of carbonyl (C=O) groups excluding carboxylic acids is 1. The summed E-state index contributed by atoms with van der Waals surface area (Å²) in [6.07, 6.45) is 2.82. The number of nitrogens with one attached hydrogen (secondary N) is 1. The molecule has 1 aliphatic rings. The lowest BCUT2D eigenvalue weighted by Crippen LogP contribution is -2.20. The molecule has 0 radical (unpaired) electrons. The molecule has 0 aliphatic heterocycles. The van der Waals surface area contributed by atoms with E-state index in [1.165, 1.54) is 29.5 Å². The molecule has 0 fully saturated rings. The van der Waals surface area contributed by atoms with Crippen molar-refractivity contribution in [3.63, 3.8) is 0 Å². The Morgan fingerprint density at radius 1 is 1.42 bits per heavy atom. The van der Waals surface area contributed by atoms with Crippen LogP contribution in [-0.4, -0.2) is 17.4 Å². The number of carbonyl (C=O) groups is 1. The molecule has 1 aliphatic carbocycles. The fourth-order valence-corrected chi connectivity index (χ4v) is 3.90. The van der Waals surface area contributed by atoms with E-state index >= 15 is 0 Å². The SMILES string of the molecule is N#Cc1c(NC(=O)COc2ccccc2[N+](=O)[O-])sc2c1CCC2. The van der Waals surface area contributed by atoms with Crippen LogP contribution in [0.5, 0.6) is 5.75 Å². The maximum absolute atomic E-state index is 12.1. The minimum Gasteiger partial charge on any atom is -0.477 e. The highest BCUT2D eigenvalue weighted by Crippen LogP contribution is 2.38. The molecule has 24 heavy (non-hydrogen) atoms. The van der Waals surface area contributed by atoms with Crippen LogP contribution in [0.2, 0.25) is 0 Å². The average Bonchev–Trinajstić information content (AvgIpc) is 3.13. The molecule has 1 aromatic carbocycles. The van der Waals surface area contributed by atoms with Gasteiger partial charge in [0.2, 0.25) is 0 Å². The van der Waals surface area contributed by atoms with Crippen molar-refractivity contribution in [3.05, 3.63) is 50.4 Å². The van der Waals surface area contributed by atoms with Gasteiger partial charge >= 0.3 is 5.69 Å². The second-order valence-corrected chi connectivity index (χ2v) is 6.34. The number of nitro groups is 1. The van der Waals surface area contributed by atoms with Gasteiger partial charge in [-0.15, -0.1) is 11.3 Å². The third kappa shape index (κ3) is 3.07. The van der Waals surface area contributed by atoms with Gasteiger partial charge in [-0.05, 0) is 30.9 Å². The van der Waals surface area contributed by atoms with Gasteiger partial charge in [-0.3, -0.25) is 14.9 Å². The molecule has 7 nitrogen and oxygen atoms in total. The van der Waals surface area contributed by atoms with Crippen LogP contribution in [0.25, 0.3) is 0 Å². The van der Waals surface area contributed by atoms with E-state index in [2.05, 4.69) is 11.4 Å². The van der Waals surface area contributed by atoms with Crippen molar-refractivity contribution in [2.45, 2.75) is 19.3 Å². The highest BCUT2D eigenvalue weighted by Gasteiger charge is 2.23. The first-order valence-corrected chi connectivity index (χ1v) is 8.12. The summed E-state index contributed by atoms with van der Waals surface area (Å²) >= 11 is 1.41. The van der Waals surface area contributed by atoms with Gasteiger partial charge < -0.3 is 10.1 Å². The average molecular weight is 343 g/mol. The maximum Gasteiger partial charge on any atom is 0.310 e. The first-order valence-electron chi connectivity index (χ1n) is 7.31. The number of anilines is 1. The van der Waals surface area contributed by atoms with Gasteiger partial charge in [0.1, 0.15) is 11.1 Å². The maximum atomic E-state index is 12.1. The van der Waals surface area contributed by atoms with Crippen molar-refractivity contribution >= 4 is 27.9 Å². The van der Waals surface area contributed by atoms with E-state index in [0.29, 0.717) is 10.6 Å². The lowest BCUT2D eigenvalue weighted by atomic mass is 10.1. The summed E-state index contributed by atoms with van der Waals surface area (Å²) in [5.74, 6) is -0.420. The van der Waals surface area contributed by atoms with Gasteiger partial charge in [-0.1, -0.05) is 12.1 Å². The molecular formula is C16H13N3O4S. The minimum absolute atomic E-state index is 0.0341. The number of benzene rings is 1. The minimum atomic E-state index is -0.565. The van der Waals surface area contributed by atoms with Crippen molar-refractivity contribution in [3.8, 4) is 11.8 Å². The molecule has 2 aromatic rings. The third-order valence-electron chi connectivity index (χ3n) is 3.71. The zero-order valence-corrected chi connectivity index (χ0v) is 13.4. The lowest BCUT2D eigenvalue weighted by Gasteiger charge is -2.07. The molecular weight excluding hydrogens is 330 g/mol. The number of amides is 1. The number of ether oxygens (including phenoxy) is 1. The van der Waals surface area contributed by atoms with E-state index in [4.69, 9.17) is 4.74 Å².